The van der Waals surface area contributed by atoms with Crippen LogP contribution >= 0.6 is 11.6 Å². The molecule has 0 radical (unpaired) electrons. The van der Waals surface area contributed by atoms with Gasteiger partial charge in [-0.15, -0.1) is 0 Å². The zero-order valence-electron chi connectivity index (χ0n) is 11.0. The molecule has 0 fully saturated rings. The standard InChI is InChI=1S/C16H17ClFN/c1-11(13-7-3-5-9-15(13)17)19-12(2)14-8-4-6-10-16(14)18/h3-12,19H,1-2H3/t11?,12-/m1/s1. The Hall–Kier alpha value is -1.38. The van der Waals surface area contributed by atoms with Crippen LogP contribution in [0.5, 0.6) is 0 Å². The van der Waals surface area contributed by atoms with E-state index in [4.69, 9.17) is 11.6 Å². The molecular formula is C16H17ClFN. The predicted octanol–water partition coefficient (Wildman–Crippen LogP) is 4.89. The summed E-state index contributed by atoms with van der Waals surface area (Å²) >= 11 is 6.17. The van der Waals surface area contributed by atoms with Crippen LogP contribution in [0.2, 0.25) is 5.02 Å². The molecule has 1 N–H and O–H groups in total. The van der Waals surface area contributed by atoms with Crippen LogP contribution in [0.4, 0.5) is 4.39 Å². The molecule has 2 atom stereocenters. The van der Waals surface area contributed by atoms with Crippen molar-refractivity contribution in [2.24, 2.45) is 0 Å². The normalized spacial score (nSPS) is 14.1. The van der Waals surface area contributed by atoms with Crippen molar-refractivity contribution in [2.75, 3.05) is 0 Å². The molecule has 0 aliphatic carbocycles. The third-order valence-electron chi connectivity index (χ3n) is 3.24. The summed E-state index contributed by atoms with van der Waals surface area (Å²) in [5.41, 5.74) is 1.69. The molecule has 1 nitrogen and oxygen atoms in total. The summed E-state index contributed by atoms with van der Waals surface area (Å²) in [6.45, 7) is 3.98. The summed E-state index contributed by atoms with van der Waals surface area (Å²) in [6, 6.07) is 14.5. The summed E-state index contributed by atoms with van der Waals surface area (Å²) in [6.07, 6.45) is 0. The lowest BCUT2D eigenvalue weighted by Gasteiger charge is -2.21. The van der Waals surface area contributed by atoms with Crippen LogP contribution in [0, 0.1) is 5.82 Å². The SMILES string of the molecule is CC(N[C@H](C)c1ccccc1F)c1ccccc1Cl. The molecule has 2 rings (SSSR count). The van der Waals surface area contributed by atoms with E-state index >= 15 is 0 Å². The van der Waals surface area contributed by atoms with Crippen LogP contribution in [-0.4, -0.2) is 0 Å². The van der Waals surface area contributed by atoms with Crippen molar-refractivity contribution in [3.8, 4) is 0 Å². The van der Waals surface area contributed by atoms with Crippen molar-refractivity contribution in [1.82, 2.24) is 5.32 Å². The average molecular weight is 278 g/mol. The molecule has 0 heterocycles. The number of nitrogens with one attached hydrogen (secondary N) is 1. The highest BCUT2D eigenvalue weighted by molar-refractivity contribution is 6.31. The third kappa shape index (κ3) is 3.34. The maximum absolute atomic E-state index is 13.7. The van der Waals surface area contributed by atoms with Crippen molar-refractivity contribution in [2.45, 2.75) is 25.9 Å². The van der Waals surface area contributed by atoms with Gasteiger partial charge in [0.05, 0.1) is 0 Å². The first-order valence-corrected chi connectivity index (χ1v) is 6.72. The molecule has 0 amide bonds. The van der Waals surface area contributed by atoms with Crippen molar-refractivity contribution >= 4 is 11.6 Å². The van der Waals surface area contributed by atoms with Crippen molar-refractivity contribution in [1.29, 1.82) is 0 Å². The molecule has 0 saturated carbocycles. The average Bonchev–Trinajstić information content (AvgIpc) is 2.39. The van der Waals surface area contributed by atoms with Gasteiger partial charge in [0.25, 0.3) is 0 Å². The van der Waals surface area contributed by atoms with E-state index in [9.17, 15) is 4.39 Å². The van der Waals surface area contributed by atoms with Crippen molar-refractivity contribution in [3.05, 3.63) is 70.5 Å². The lowest BCUT2D eigenvalue weighted by atomic mass is 10.0. The summed E-state index contributed by atoms with van der Waals surface area (Å²) in [4.78, 5) is 0. The first kappa shape index (κ1) is 14.0. The second-order valence-corrected chi connectivity index (χ2v) is 5.06. The molecule has 0 aromatic heterocycles. The Bertz CT molecular complexity index is 506. The Morgan fingerprint density at radius 1 is 0.895 bits per heavy atom. The van der Waals surface area contributed by atoms with Gasteiger partial charge in [-0.25, -0.2) is 4.39 Å². The van der Waals surface area contributed by atoms with Gasteiger partial charge >= 0.3 is 0 Å². The number of rotatable bonds is 4. The summed E-state index contributed by atoms with van der Waals surface area (Å²) in [5, 5.41) is 4.09. The van der Waals surface area contributed by atoms with Gasteiger partial charge in [0.15, 0.2) is 0 Å². The third-order valence-corrected chi connectivity index (χ3v) is 3.59. The molecule has 100 valence electrons. The highest BCUT2D eigenvalue weighted by Gasteiger charge is 2.15. The quantitative estimate of drug-likeness (QED) is 0.839. The highest BCUT2D eigenvalue weighted by Crippen LogP contribution is 2.25. The van der Waals surface area contributed by atoms with Crippen molar-refractivity contribution < 1.29 is 4.39 Å². The van der Waals surface area contributed by atoms with E-state index in [0.29, 0.717) is 5.56 Å². The van der Waals surface area contributed by atoms with E-state index in [0.717, 1.165) is 10.6 Å². The van der Waals surface area contributed by atoms with E-state index in [1.165, 1.54) is 6.07 Å². The first-order valence-electron chi connectivity index (χ1n) is 6.34. The fourth-order valence-corrected chi connectivity index (χ4v) is 2.51. The van der Waals surface area contributed by atoms with Crippen LogP contribution in [0.1, 0.15) is 37.1 Å². The van der Waals surface area contributed by atoms with Crippen LogP contribution in [0.15, 0.2) is 48.5 Å². The van der Waals surface area contributed by atoms with Crippen molar-refractivity contribution in [3.63, 3.8) is 0 Å². The minimum absolute atomic E-state index is 0.0586. The Labute approximate surface area is 118 Å². The van der Waals surface area contributed by atoms with E-state index in [-0.39, 0.29) is 17.9 Å². The topological polar surface area (TPSA) is 12.0 Å². The maximum atomic E-state index is 13.7. The lowest BCUT2D eigenvalue weighted by molar-refractivity contribution is 0.474. The molecule has 1 unspecified atom stereocenters. The maximum Gasteiger partial charge on any atom is 0.127 e. The smallest absolute Gasteiger partial charge is 0.127 e. The molecule has 0 saturated heterocycles. The van der Waals surface area contributed by atoms with Gasteiger partial charge in [0.2, 0.25) is 0 Å². The Balaban J connectivity index is 2.13. The lowest BCUT2D eigenvalue weighted by Crippen LogP contribution is -2.23. The van der Waals surface area contributed by atoms with Gasteiger partial charge in [-0.1, -0.05) is 48.0 Å². The molecule has 0 bridgehead atoms. The minimum atomic E-state index is -0.186. The highest BCUT2D eigenvalue weighted by atomic mass is 35.5. The Morgan fingerprint density at radius 2 is 1.42 bits per heavy atom. The minimum Gasteiger partial charge on any atom is -0.303 e. The number of benzene rings is 2. The molecule has 0 aliphatic heterocycles. The second kappa shape index (κ2) is 6.18. The largest absolute Gasteiger partial charge is 0.303 e. The fraction of sp³-hybridized carbons (Fsp3) is 0.250. The molecule has 2 aromatic carbocycles. The molecule has 3 heteroatoms. The number of halogens is 2. The van der Waals surface area contributed by atoms with E-state index in [1.54, 1.807) is 12.1 Å². The van der Waals surface area contributed by atoms with E-state index in [2.05, 4.69) is 5.32 Å². The number of hydrogen-bond acceptors (Lipinski definition) is 1. The van der Waals surface area contributed by atoms with Gasteiger partial charge in [0.1, 0.15) is 5.82 Å². The van der Waals surface area contributed by atoms with Crippen LogP contribution in [0.25, 0.3) is 0 Å². The molecule has 19 heavy (non-hydrogen) atoms. The predicted molar refractivity (Wildman–Crippen MR) is 77.8 cm³/mol. The molecule has 0 spiro atoms. The molecule has 0 aliphatic rings. The fourth-order valence-electron chi connectivity index (χ4n) is 2.21. The molecular weight excluding hydrogens is 261 g/mol. The van der Waals surface area contributed by atoms with Crippen LogP contribution < -0.4 is 5.32 Å². The van der Waals surface area contributed by atoms with Gasteiger partial charge in [-0.05, 0) is 31.5 Å². The van der Waals surface area contributed by atoms with E-state index < -0.39 is 0 Å². The van der Waals surface area contributed by atoms with Crippen LogP contribution in [-0.2, 0) is 0 Å². The summed E-state index contributed by atoms with van der Waals surface area (Å²) in [5.74, 6) is -0.186. The van der Waals surface area contributed by atoms with Gasteiger partial charge in [0, 0.05) is 22.7 Å². The Morgan fingerprint density at radius 3 is 2.05 bits per heavy atom. The first-order chi connectivity index (χ1) is 9.09. The number of hydrogen-bond donors (Lipinski definition) is 1. The zero-order valence-corrected chi connectivity index (χ0v) is 11.8. The van der Waals surface area contributed by atoms with E-state index in [1.807, 2.05) is 44.2 Å². The van der Waals surface area contributed by atoms with Crippen LogP contribution in [0.3, 0.4) is 0 Å². The zero-order chi connectivity index (χ0) is 13.8. The van der Waals surface area contributed by atoms with Gasteiger partial charge < -0.3 is 5.32 Å². The van der Waals surface area contributed by atoms with Gasteiger partial charge in [-0.3, -0.25) is 0 Å². The monoisotopic (exact) mass is 277 g/mol. The summed E-state index contributed by atoms with van der Waals surface area (Å²) < 4.78 is 13.7. The summed E-state index contributed by atoms with van der Waals surface area (Å²) in [7, 11) is 0. The van der Waals surface area contributed by atoms with Gasteiger partial charge in [-0.2, -0.15) is 0 Å². The Kier molecular flexibility index (Phi) is 4.56. The molecule has 2 aromatic rings. The second-order valence-electron chi connectivity index (χ2n) is 4.65.